The molecule has 1 heterocycles. The van der Waals surface area contributed by atoms with E-state index < -0.39 is 5.60 Å². The van der Waals surface area contributed by atoms with Crippen molar-refractivity contribution in [1.82, 2.24) is 5.32 Å². The molecule has 2 aliphatic rings. The van der Waals surface area contributed by atoms with Crippen molar-refractivity contribution < 1.29 is 14.3 Å². The first-order chi connectivity index (χ1) is 10.9. The Morgan fingerprint density at radius 2 is 2.09 bits per heavy atom. The van der Waals surface area contributed by atoms with Crippen LogP contribution in [0.15, 0.2) is 18.2 Å². The smallest absolute Gasteiger partial charge is 0.271 e. The minimum atomic E-state index is -1.00. The minimum Gasteiger partial charge on any atom is -0.476 e. The maximum Gasteiger partial charge on any atom is 0.271 e. The number of carbonyl (C=O) groups excluding carboxylic acids is 2. The summed E-state index contributed by atoms with van der Waals surface area (Å²) in [4.78, 5) is 26.5. The monoisotopic (exact) mass is 317 g/mol. The number of ether oxygens (including phenoxy) is 1. The maximum absolute atomic E-state index is 12.7. The Balaban J connectivity index is 1.82. The summed E-state index contributed by atoms with van der Waals surface area (Å²) in [7, 11) is 0. The summed E-state index contributed by atoms with van der Waals surface area (Å²) >= 11 is 0. The molecule has 23 heavy (non-hydrogen) atoms. The van der Waals surface area contributed by atoms with E-state index in [9.17, 15) is 9.59 Å². The molecule has 1 aliphatic heterocycles. The van der Waals surface area contributed by atoms with Gasteiger partial charge in [-0.1, -0.05) is 12.8 Å². The van der Waals surface area contributed by atoms with E-state index in [2.05, 4.69) is 5.32 Å². The summed E-state index contributed by atoms with van der Waals surface area (Å²) < 4.78 is 5.75. The number of nitrogens with zero attached hydrogens (tertiary/aromatic N) is 1. The first kappa shape index (κ1) is 15.6. The van der Waals surface area contributed by atoms with Crippen LogP contribution in [-0.4, -0.2) is 30.0 Å². The lowest BCUT2D eigenvalue weighted by Gasteiger charge is -2.38. The number of amides is 2. The third kappa shape index (κ3) is 3.11. The second-order valence-corrected chi connectivity index (χ2v) is 6.78. The molecule has 0 bridgehead atoms. The fourth-order valence-electron chi connectivity index (χ4n) is 3.23. The van der Waals surface area contributed by atoms with Crippen LogP contribution in [0.25, 0.3) is 0 Å². The highest BCUT2D eigenvalue weighted by molar-refractivity contribution is 6.06. The van der Waals surface area contributed by atoms with Gasteiger partial charge in [0.2, 0.25) is 5.91 Å². The van der Waals surface area contributed by atoms with Crippen LogP contribution in [0.1, 0.15) is 39.5 Å². The Bertz CT molecular complexity index is 636. The highest BCUT2D eigenvalue weighted by atomic mass is 16.5. The van der Waals surface area contributed by atoms with Crippen molar-refractivity contribution in [2.24, 2.45) is 0 Å². The lowest BCUT2D eigenvalue weighted by atomic mass is 10.0. The van der Waals surface area contributed by atoms with E-state index in [1.807, 2.05) is 0 Å². The van der Waals surface area contributed by atoms with Gasteiger partial charge in [-0.25, -0.2) is 0 Å². The number of hydrogen-bond acceptors (Lipinski definition) is 4. The minimum absolute atomic E-state index is 0.0153. The first-order valence-electron chi connectivity index (χ1n) is 8.07. The molecule has 3 N–H and O–H groups in total. The van der Waals surface area contributed by atoms with Crippen LogP contribution in [0.2, 0.25) is 0 Å². The number of rotatable bonds is 3. The van der Waals surface area contributed by atoms with E-state index >= 15 is 0 Å². The summed E-state index contributed by atoms with van der Waals surface area (Å²) in [6.45, 7) is 3.39. The molecule has 124 valence electrons. The highest BCUT2D eigenvalue weighted by Crippen LogP contribution is 2.38. The van der Waals surface area contributed by atoms with E-state index in [1.54, 1.807) is 32.0 Å². The summed E-state index contributed by atoms with van der Waals surface area (Å²) in [5.41, 5.74) is 5.90. The molecule has 0 unspecified atom stereocenters. The van der Waals surface area contributed by atoms with Crippen molar-refractivity contribution in [2.75, 3.05) is 17.2 Å². The first-order valence-corrected chi connectivity index (χ1v) is 8.07. The second kappa shape index (κ2) is 5.76. The van der Waals surface area contributed by atoms with Crippen molar-refractivity contribution in [2.45, 2.75) is 51.2 Å². The number of fused-ring (bicyclic) bond motifs is 1. The van der Waals surface area contributed by atoms with E-state index in [1.165, 1.54) is 4.90 Å². The predicted molar refractivity (Wildman–Crippen MR) is 88.3 cm³/mol. The molecule has 1 aromatic rings. The van der Waals surface area contributed by atoms with Crippen LogP contribution >= 0.6 is 0 Å². The zero-order valence-electron chi connectivity index (χ0n) is 13.6. The number of benzene rings is 1. The molecular weight excluding hydrogens is 294 g/mol. The normalized spacial score (nSPS) is 20.1. The van der Waals surface area contributed by atoms with Gasteiger partial charge in [0, 0.05) is 11.7 Å². The molecule has 0 spiro atoms. The van der Waals surface area contributed by atoms with Gasteiger partial charge in [-0.3, -0.25) is 14.5 Å². The zero-order chi connectivity index (χ0) is 16.6. The van der Waals surface area contributed by atoms with Crippen molar-refractivity contribution in [3.05, 3.63) is 18.2 Å². The fraction of sp³-hybridized carbons (Fsp3) is 0.529. The molecule has 0 radical (unpaired) electrons. The van der Waals surface area contributed by atoms with E-state index in [0.717, 1.165) is 25.7 Å². The van der Waals surface area contributed by atoms with Crippen molar-refractivity contribution in [3.63, 3.8) is 0 Å². The van der Waals surface area contributed by atoms with Gasteiger partial charge in [-0.15, -0.1) is 0 Å². The summed E-state index contributed by atoms with van der Waals surface area (Å²) in [6, 6.07) is 5.36. The average Bonchev–Trinajstić information content (AvgIpc) is 2.97. The topological polar surface area (TPSA) is 84.7 Å². The Morgan fingerprint density at radius 1 is 1.39 bits per heavy atom. The zero-order valence-corrected chi connectivity index (χ0v) is 13.6. The van der Waals surface area contributed by atoms with Gasteiger partial charge in [0.1, 0.15) is 12.3 Å². The average molecular weight is 317 g/mol. The Labute approximate surface area is 136 Å². The number of carbonyl (C=O) groups is 2. The number of hydrogen-bond donors (Lipinski definition) is 2. The lowest BCUT2D eigenvalue weighted by molar-refractivity contribution is -0.134. The van der Waals surface area contributed by atoms with Crippen LogP contribution in [0.5, 0.6) is 5.75 Å². The molecule has 0 saturated heterocycles. The molecular formula is C17H23N3O3. The van der Waals surface area contributed by atoms with Crippen LogP contribution in [0, 0.1) is 0 Å². The number of nitrogens with one attached hydrogen (secondary N) is 1. The quantitative estimate of drug-likeness (QED) is 0.833. The highest BCUT2D eigenvalue weighted by Gasteiger charge is 2.41. The van der Waals surface area contributed by atoms with Gasteiger partial charge >= 0.3 is 0 Å². The van der Waals surface area contributed by atoms with Gasteiger partial charge < -0.3 is 15.8 Å². The van der Waals surface area contributed by atoms with Crippen molar-refractivity contribution in [3.8, 4) is 5.75 Å². The Kier molecular flexibility index (Phi) is 3.92. The van der Waals surface area contributed by atoms with Crippen LogP contribution < -0.4 is 20.7 Å². The van der Waals surface area contributed by atoms with Crippen molar-refractivity contribution in [1.29, 1.82) is 0 Å². The van der Waals surface area contributed by atoms with Gasteiger partial charge in [-0.05, 0) is 44.9 Å². The van der Waals surface area contributed by atoms with Crippen LogP contribution in [0.4, 0.5) is 11.4 Å². The molecule has 6 heteroatoms. The van der Waals surface area contributed by atoms with E-state index in [0.29, 0.717) is 17.1 Å². The molecule has 1 aliphatic carbocycles. The molecule has 0 atom stereocenters. The van der Waals surface area contributed by atoms with Gasteiger partial charge in [0.05, 0.1) is 5.69 Å². The Hall–Kier alpha value is -2.24. The molecule has 6 nitrogen and oxygen atoms in total. The Morgan fingerprint density at radius 3 is 2.78 bits per heavy atom. The number of nitrogen functional groups attached to an aromatic ring is 1. The predicted octanol–water partition coefficient (Wildman–Crippen LogP) is 1.83. The molecule has 1 fully saturated rings. The van der Waals surface area contributed by atoms with E-state index in [-0.39, 0.29) is 24.4 Å². The van der Waals surface area contributed by atoms with Gasteiger partial charge in [0.15, 0.2) is 5.60 Å². The SMILES string of the molecule is CC1(C)Oc2ccc(N)cc2N(CC(=O)NC2CCCC2)C1=O. The maximum atomic E-state index is 12.7. The van der Waals surface area contributed by atoms with Gasteiger partial charge in [-0.2, -0.15) is 0 Å². The summed E-state index contributed by atoms with van der Waals surface area (Å²) in [5, 5.41) is 3.01. The van der Waals surface area contributed by atoms with Crippen LogP contribution in [-0.2, 0) is 9.59 Å². The number of nitrogens with two attached hydrogens (primary N) is 1. The molecule has 1 saturated carbocycles. The summed E-state index contributed by atoms with van der Waals surface area (Å²) in [5.74, 6) is 0.186. The third-order valence-corrected chi connectivity index (χ3v) is 4.42. The largest absolute Gasteiger partial charge is 0.476 e. The lowest BCUT2D eigenvalue weighted by Crippen LogP contribution is -2.55. The summed E-state index contributed by atoms with van der Waals surface area (Å²) in [6.07, 6.45) is 4.32. The van der Waals surface area contributed by atoms with Gasteiger partial charge in [0.25, 0.3) is 5.91 Å². The van der Waals surface area contributed by atoms with E-state index in [4.69, 9.17) is 10.5 Å². The molecule has 1 aromatic carbocycles. The number of anilines is 2. The molecule has 0 aromatic heterocycles. The standard InChI is InChI=1S/C17H23N3O3/c1-17(2)16(22)20(10-15(21)19-12-5-3-4-6-12)13-9-11(18)7-8-14(13)23-17/h7-9,12H,3-6,10,18H2,1-2H3,(H,19,21). The third-order valence-electron chi connectivity index (χ3n) is 4.42. The second-order valence-electron chi connectivity index (χ2n) is 6.78. The van der Waals surface area contributed by atoms with Crippen molar-refractivity contribution >= 4 is 23.2 Å². The van der Waals surface area contributed by atoms with Crippen LogP contribution in [0.3, 0.4) is 0 Å². The molecule has 3 rings (SSSR count). The fourth-order valence-corrected chi connectivity index (χ4v) is 3.23. The molecule has 2 amide bonds.